The van der Waals surface area contributed by atoms with E-state index in [2.05, 4.69) is 0 Å². The number of carbonyl (C=O) groups is 2. The van der Waals surface area contributed by atoms with E-state index < -0.39 is 5.82 Å². The van der Waals surface area contributed by atoms with Crippen LogP contribution < -0.4 is 9.47 Å². The molecule has 0 saturated carbocycles. The average molecular weight is 386 g/mol. The molecule has 0 aliphatic carbocycles. The third-order valence-corrected chi connectivity index (χ3v) is 4.81. The Morgan fingerprint density at radius 3 is 2.04 bits per heavy atom. The fraction of sp³-hybridized carbons (Fsp3) is 0.333. The summed E-state index contributed by atoms with van der Waals surface area (Å²) in [5.74, 6) is -0.203. The van der Waals surface area contributed by atoms with Gasteiger partial charge in [-0.2, -0.15) is 0 Å². The molecule has 0 unspecified atom stereocenters. The van der Waals surface area contributed by atoms with Crippen molar-refractivity contribution in [1.29, 1.82) is 0 Å². The standard InChI is InChI=1S/C21H23FN2O4/c1-27-18-10-5-8-16(19(18)28-2)21(26)24-12-6-11-23(13-14-24)20(25)15-7-3-4-9-17(15)22/h3-5,7-10H,6,11-14H2,1-2H3. The van der Waals surface area contributed by atoms with E-state index in [-0.39, 0.29) is 17.4 Å². The van der Waals surface area contributed by atoms with E-state index in [0.29, 0.717) is 49.7 Å². The molecule has 0 N–H and O–H groups in total. The van der Waals surface area contributed by atoms with E-state index in [4.69, 9.17) is 9.47 Å². The molecule has 2 aromatic rings. The first-order valence-corrected chi connectivity index (χ1v) is 9.11. The second kappa shape index (κ2) is 8.73. The van der Waals surface area contributed by atoms with Crippen LogP contribution >= 0.6 is 0 Å². The van der Waals surface area contributed by atoms with Crippen molar-refractivity contribution in [2.24, 2.45) is 0 Å². The largest absolute Gasteiger partial charge is 0.493 e. The van der Waals surface area contributed by atoms with Gasteiger partial charge in [0.1, 0.15) is 5.82 Å². The molecule has 1 heterocycles. The zero-order valence-electron chi connectivity index (χ0n) is 16.0. The van der Waals surface area contributed by atoms with Gasteiger partial charge in [0, 0.05) is 26.2 Å². The highest BCUT2D eigenvalue weighted by Crippen LogP contribution is 2.31. The van der Waals surface area contributed by atoms with Crippen LogP contribution in [-0.2, 0) is 0 Å². The van der Waals surface area contributed by atoms with Crippen LogP contribution in [0.5, 0.6) is 11.5 Å². The minimum absolute atomic E-state index is 0.0525. The Bertz CT molecular complexity index is 871. The van der Waals surface area contributed by atoms with Gasteiger partial charge in [-0.3, -0.25) is 9.59 Å². The van der Waals surface area contributed by atoms with Gasteiger partial charge in [0.2, 0.25) is 0 Å². The van der Waals surface area contributed by atoms with E-state index >= 15 is 0 Å². The summed E-state index contributed by atoms with van der Waals surface area (Å²) >= 11 is 0. The van der Waals surface area contributed by atoms with Gasteiger partial charge in [0.15, 0.2) is 11.5 Å². The lowest BCUT2D eigenvalue weighted by atomic mass is 10.1. The maximum Gasteiger partial charge on any atom is 0.257 e. The third kappa shape index (κ3) is 3.93. The van der Waals surface area contributed by atoms with Gasteiger partial charge in [-0.1, -0.05) is 18.2 Å². The normalized spacial score (nSPS) is 14.4. The number of para-hydroxylation sites is 1. The molecule has 1 aliphatic rings. The number of benzene rings is 2. The van der Waals surface area contributed by atoms with Gasteiger partial charge < -0.3 is 19.3 Å². The van der Waals surface area contributed by atoms with Gasteiger partial charge in [0.05, 0.1) is 25.3 Å². The first kappa shape index (κ1) is 19.7. The maximum absolute atomic E-state index is 13.9. The number of carbonyl (C=O) groups excluding carboxylic acids is 2. The van der Waals surface area contributed by atoms with Crippen LogP contribution in [0.4, 0.5) is 4.39 Å². The predicted molar refractivity (Wildman–Crippen MR) is 102 cm³/mol. The van der Waals surface area contributed by atoms with E-state index in [9.17, 15) is 14.0 Å². The van der Waals surface area contributed by atoms with E-state index in [0.717, 1.165) is 0 Å². The SMILES string of the molecule is COc1cccc(C(=O)N2CCCN(C(=O)c3ccccc3F)CC2)c1OC. The Hall–Kier alpha value is -3.09. The number of ether oxygens (including phenoxy) is 2. The van der Waals surface area contributed by atoms with Gasteiger partial charge in [-0.05, 0) is 30.7 Å². The zero-order valence-corrected chi connectivity index (χ0v) is 16.0. The number of amides is 2. The molecular weight excluding hydrogens is 363 g/mol. The monoisotopic (exact) mass is 386 g/mol. The molecule has 148 valence electrons. The number of hydrogen-bond donors (Lipinski definition) is 0. The Labute approximate surface area is 163 Å². The quantitative estimate of drug-likeness (QED) is 0.811. The summed E-state index contributed by atoms with van der Waals surface area (Å²) in [6.07, 6.45) is 0.609. The van der Waals surface area contributed by atoms with Crippen LogP contribution in [0.3, 0.4) is 0 Å². The van der Waals surface area contributed by atoms with Crippen LogP contribution in [0, 0.1) is 5.82 Å². The molecule has 28 heavy (non-hydrogen) atoms. The Kier molecular flexibility index (Phi) is 6.13. The summed E-state index contributed by atoms with van der Waals surface area (Å²) in [6.45, 7) is 1.66. The van der Waals surface area contributed by atoms with Crippen molar-refractivity contribution < 1.29 is 23.5 Å². The van der Waals surface area contributed by atoms with Crippen molar-refractivity contribution in [2.75, 3.05) is 40.4 Å². The van der Waals surface area contributed by atoms with E-state index in [1.54, 1.807) is 40.1 Å². The summed E-state index contributed by atoms with van der Waals surface area (Å²) in [5.41, 5.74) is 0.465. The van der Waals surface area contributed by atoms with Crippen molar-refractivity contribution >= 4 is 11.8 Å². The molecule has 2 aromatic carbocycles. The fourth-order valence-electron chi connectivity index (χ4n) is 3.35. The van der Waals surface area contributed by atoms with Crippen LogP contribution in [0.15, 0.2) is 42.5 Å². The van der Waals surface area contributed by atoms with E-state index in [1.807, 2.05) is 0 Å². The smallest absolute Gasteiger partial charge is 0.257 e. The molecule has 2 amide bonds. The Balaban J connectivity index is 1.75. The molecule has 0 radical (unpaired) electrons. The lowest BCUT2D eigenvalue weighted by Crippen LogP contribution is -2.37. The van der Waals surface area contributed by atoms with Crippen molar-refractivity contribution in [1.82, 2.24) is 9.80 Å². The van der Waals surface area contributed by atoms with Crippen molar-refractivity contribution in [3.8, 4) is 11.5 Å². The van der Waals surface area contributed by atoms with Gasteiger partial charge in [-0.15, -0.1) is 0 Å². The Morgan fingerprint density at radius 1 is 0.821 bits per heavy atom. The minimum Gasteiger partial charge on any atom is -0.493 e. The van der Waals surface area contributed by atoms with Crippen molar-refractivity contribution in [2.45, 2.75) is 6.42 Å². The Morgan fingerprint density at radius 2 is 1.43 bits per heavy atom. The molecular formula is C21H23FN2O4. The van der Waals surface area contributed by atoms with Gasteiger partial charge >= 0.3 is 0 Å². The molecule has 1 saturated heterocycles. The molecule has 0 bridgehead atoms. The molecule has 1 aliphatic heterocycles. The molecule has 0 spiro atoms. The van der Waals surface area contributed by atoms with Gasteiger partial charge in [-0.25, -0.2) is 4.39 Å². The number of halogens is 1. The van der Waals surface area contributed by atoms with Crippen molar-refractivity contribution in [3.05, 3.63) is 59.4 Å². The molecule has 7 heteroatoms. The van der Waals surface area contributed by atoms with E-state index in [1.165, 1.54) is 26.4 Å². The summed E-state index contributed by atoms with van der Waals surface area (Å²) < 4.78 is 24.6. The average Bonchev–Trinajstić information content (AvgIpc) is 2.98. The third-order valence-electron chi connectivity index (χ3n) is 4.81. The van der Waals surface area contributed by atoms with Crippen LogP contribution in [0.25, 0.3) is 0 Å². The number of hydrogen-bond acceptors (Lipinski definition) is 4. The second-order valence-electron chi connectivity index (χ2n) is 6.46. The van der Waals surface area contributed by atoms with Crippen molar-refractivity contribution in [3.63, 3.8) is 0 Å². The summed E-state index contributed by atoms with van der Waals surface area (Å²) in [7, 11) is 3.01. The first-order chi connectivity index (χ1) is 13.6. The lowest BCUT2D eigenvalue weighted by molar-refractivity contribution is 0.0714. The second-order valence-corrected chi connectivity index (χ2v) is 6.46. The zero-order chi connectivity index (χ0) is 20.1. The highest BCUT2D eigenvalue weighted by atomic mass is 19.1. The predicted octanol–water partition coefficient (Wildman–Crippen LogP) is 2.83. The highest BCUT2D eigenvalue weighted by molar-refractivity contribution is 5.98. The lowest BCUT2D eigenvalue weighted by Gasteiger charge is -2.23. The van der Waals surface area contributed by atoms with Gasteiger partial charge in [0.25, 0.3) is 11.8 Å². The summed E-state index contributed by atoms with van der Waals surface area (Å²) in [5, 5.41) is 0. The molecule has 3 rings (SSSR count). The van der Waals surface area contributed by atoms with Crippen LogP contribution in [0.2, 0.25) is 0 Å². The maximum atomic E-state index is 13.9. The minimum atomic E-state index is -0.536. The number of rotatable bonds is 4. The molecule has 0 atom stereocenters. The first-order valence-electron chi connectivity index (χ1n) is 9.11. The summed E-state index contributed by atoms with van der Waals surface area (Å²) in [6, 6.07) is 11.1. The fourth-order valence-corrected chi connectivity index (χ4v) is 3.35. The molecule has 0 aromatic heterocycles. The molecule has 6 nitrogen and oxygen atoms in total. The summed E-state index contributed by atoms with van der Waals surface area (Å²) in [4.78, 5) is 29.0. The topological polar surface area (TPSA) is 59.1 Å². The van der Waals surface area contributed by atoms with Crippen LogP contribution in [-0.4, -0.2) is 62.0 Å². The number of methoxy groups -OCH3 is 2. The van der Waals surface area contributed by atoms with Crippen LogP contribution in [0.1, 0.15) is 27.1 Å². The number of nitrogens with zero attached hydrogens (tertiary/aromatic N) is 2. The highest BCUT2D eigenvalue weighted by Gasteiger charge is 2.27. The molecule has 1 fully saturated rings.